The molecule has 4 aromatic rings. The molecule has 4 aromatic carbocycles. The lowest BCUT2D eigenvalue weighted by atomic mass is 10.1. The number of esters is 1. The van der Waals surface area contributed by atoms with Crippen molar-refractivity contribution in [2.75, 3.05) is 11.5 Å². The third kappa shape index (κ3) is 8.89. The Kier molecular flexibility index (Phi) is 10.6. The van der Waals surface area contributed by atoms with E-state index in [9.17, 15) is 22.4 Å². The predicted octanol–water partition coefficient (Wildman–Crippen LogP) is 7.78. The summed E-state index contributed by atoms with van der Waals surface area (Å²) in [7, 11) is 0. The van der Waals surface area contributed by atoms with E-state index in [1.54, 1.807) is 79.7 Å². The fourth-order valence-electron chi connectivity index (χ4n) is 4.29. The van der Waals surface area contributed by atoms with Gasteiger partial charge in [0.1, 0.15) is 17.2 Å². The summed E-state index contributed by atoms with van der Waals surface area (Å²) < 4.78 is 71.5. The first-order valence-corrected chi connectivity index (χ1v) is 13.1. The molecule has 1 atom stereocenters. The maximum Gasteiger partial charge on any atom is 0.387 e. The van der Waals surface area contributed by atoms with Crippen LogP contribution in [0.3, 0.4) is 0 Å². The van der Waals surface area contributed by atoms with Crippen molar-refractivity contribution in [2.45, 2.75) is 39.3 Å². The molecule has 0 aromatic heterocycles. The highest BCUT2D eigenvalue weighted by Crippen LogP contribution is 2.29. The Bertz CT molecular complexity index is 1360. The molecule has 220 valence electrons. The smallest absolute Gasteiger partial charge is 0.387 e. The Labute approximate surface area is 241 Å². The summed E-state index contributed by atoms with van der Waals surface area (Å²) in [6.45, 7) is -3.46. The summed E-state index contributed by atoms with van der Waals surface area (Å²) in [6.07, 6.45) is -0.969. The quantitative estimate of drug-likeness (QED) is 0.112. The molecule has 0 aliphatic carbocycles. The van der Waals surface area contributed by atoms with Crippen LogP contribution in [0.4, 0.5) is 23.2 Å². The maximum absolute atomic E-state index is 12.8. The van der Waals surface area contributed by atoms with Gasteiger partial charge in [-0.1, -0.05) is 54.6 Å². The van der Waals surface area contributed by atoms with Crippen LogP contribution in [0.1, 0.15) is 29.7 Å². The molecule has 0 bridgehead atoms. The molecule has 0 radical (unpaired) electrons. The van der Waals surface area contributed by atoms with Crippen molar-refractivity contribution in [2.24, 2.45) is 0 Å². The van der Waals surface area contributed by atoms with Gasteiger partial charge < -0.3 is 23.8 Å². The Morgan fingerprint density at radius 2 is 1.21 bits per heavy atom. The van der Waals surface area contributed by atoms with Crippen LogP contribution in [0.2, 0.25) is 0 Å². The van der Waals surface area contributed by atoms with Crippen LogP contribution in [0.25, 0.3) is 0 Å². The van der Waals surface area contributed by atoms with Crippen LogP contribution in [0.5, 0.6) is 17.2 Å². The van der Waals surface area contributed by atoms with Crippen LogP contribution < -0.4 is 19.1 Å². The third-order valence-electron chi connectivity index (χ3n) is 6.05. The highest BCUT2D eigenvalue weighted by Gasteiger charge is 2.24. The van der Waals surface area contributed by atoms with E-state index in [1.165, 1.54) is 24.3 Å². The van der Waals surface area contributed by atoms with E-state index < -0.39 is 25.3 Å². The third-order valence-corrected chi connectivity index (χ3v) is 6.05. The number of carbonyl (C=O) groups excluding carboxylic acids is 1. The Balaban J connectivity index is 1.60. The number of benzene rings is 4. The van der Waals surface area contributed by atoms with Crippen molar-refractivity contribution in [3.05, 3.63) is 120 Å². The van der Waals surface area contributed by atoms with E-state index in [2.05, 4.69) is 9.47 Å². The molecule has 1 unspecified atom stereocenters. The summed E-state index contributed by atoms with van der Waals surface area (Å²) in [5.41, 5.74) is 2.72. The topological polar surface area (TPSA) is 57.2 Å². The van der Waals surface area contributed by atoms with Gasteiger partial charge in [0, 0.05) is 24.3 Å². The van der Waals surface area contributed by atoms with Crippen molar-refractivity contribution in [1.29, 1.82) is 0 Å². The zero-order valence-electron chi connectivity index (χ0n) is 22.7. The first kappa shape index (κ1) is 30.2. The number of alkyl halides is 4. The summed E-state index contributed by atoms with van der Waals surface area (Å²) in [5, 5.41) is 0. The van der Waals surface area contributed by atoms with Gasteiger partial charge in [-0.05, 0) is 66.6 Å². The number of hydrogen-bond donors (Lipinski definition) is 0. The Morgan fingerprint density at radius 3 is 1.71 bits per heavy atom. The SMILES string of the molecule is CCOC(=O)C(Oc1ccc(N(Cc2cccc(OC(F)F)c2)Cc2cccc(OC(F)F)c2)cc1)c1ccccc1. The Morgan fingerprint density at radius 1 is 0.667 bits per heavy atom. The summed E-state index contributed by atoms with van der Waals surface area (Å²) >= 11 is 0. The number of nitrogens with zero attached hydrogens (tertiary/aromatic N) is 1. The molecule has 0 spiro atoms. The Hall–Kier alpha value is -4.73. The molecule has 42 heavy (non-hydrogen) atoms. The van der Waals surface area contributed by atoms with Gasteiger partial charge in [-0.25, -0.2) is 4.79 Å². The predicted molar refractivity (Wildman–Crippen MR) is 149 cm³/mol. The number of rotatable bonds is 14. The maximum atomic E-state index is 12.8. The minimum Gasteiger partial charge on any atom is -0.474 e. The number of hydrogen-bond acceptors (Lipinski definition) is 6. The van der Waals surface area contributed by atoms with E-state index in [0.29, 0.717) is 22.4 Å². The van der Waals surface area contributed by atoms with Crippen LogP contribution in [0.15, 0.2) is 103 Å². The molecule has 0 N–H and O–H groups in total. The molecule has 0 amide bonds. The molecule has 0 saturated carbocycles. The van der Waals surface area contributed by atoms with E-state index >= 15 is 0 Å². The minimum atomic E-state index is -2.96. The molecule has 6 nitrogen and oxygen atoms in total. The minimum absolute atomic E-state index is 0.0180. The van der Waals surface area contributed by atoms with Crippen molar-refractivity contribution < 1.29 is 41.3 Å². The second kappa shape index (κ2) is 14.8. The van der Waals surface area contributed by atoms with Gasteiger partial charge in [-0.15, -0.1) is 0 Å². The molecular formula is C32H29F4NO5. The van der Waals surface area contributed by atoms with Gasteiger partial charge >= 0.3 is 19.2 Å². The first-order chi connectivity index (χ1) is 20.3. The molecule has 0 aliphatic rings. The van der Waals surface area contributed by atoms with Gasteiger partial charge in [-0.3, -0.25) is 0 Å². The molecular weight excluding hydrogens is 554 g/mol. The van der Waals surface area contributed by atoms with E-state index in [-0.39, 0.29) is 31.2 Å². The lowest BCUT2D eigenvalue weighted by Gasteiger charge is -2.26. The van der Waals surface area contributed by atoms with Gasteiger partial charge in [0.05, 0.1) is 6.61 Å². The highest BCUT2D eigenvalue weighted by molar-refractivity contribution is 5.77. The average Bonchev–Trinajstić information content (AvgIpc) is 2.96. The first-order valence-electron chi connectivity index (χ1n) is 13.1. The summed E-state index contributed by atoms with van der Waals surface area (Å²) in [4.78, 5) is 14.6. The second-order valence-electron chi connectivity index (χ2n) is 9.06. The summed E-state index contributed by atoms with van der Waals surface area (Å²) in [5.74, 6) is -0.0691. The molecule has 4 rings (SSSR count). The number of carbonyl (C=O) groups is 1. The molecule has 0 saturated heterocycles. The van der Waals surface area contributed by atoms with Crippen molar-refractivity contribution in [1.82, 2.24) is 0 Å². The molecule has 0 aliphatic heterocycles. The van der Waals surface area contributed by atoms with Crippen LogP contribution in [-0.4, -0.2) is 25.8 Å². The van der Waals surface area contributed by atoms with E-state index in [1.807, 2.05) is 11.0 Å². The van der Waals surface area contributed by atoms with Gasteiger partial charge in [0.2, 0.25) is 6.10 Å². The van der Waals surface area contributed by atoms with Crippen molar-refractivity contribution in [3.63, 3.8) is 0 Å². The van der Waals surface area contributed by atoms with Crippen molar-refractivity contribution in [3.8, 4) is 17.2 Å². The number of ether oxygens (including phenoxy) is 4. The zero-order valence-corrected chi connectivity index (χ0v) is 22.7. The monoisotopic (exact) mass is 583 g/mol. The van der Waals surface area contributed by atoms with Crippen molar-refractivity contribution >= 4 is 11.7 Å². The molecule has 0 heterocycles. The lowest BCUT2D eigenvalue weighted by Crippen LogP contribution is -2.23. The van der Waals surface area contributed by atoms with Crippen LogP contribution in [-0.2, 0) is 22.6 Å². The second-order valence-corrected chi connectivity index (χ2v) is 9.06. The fourth-order valence-corrected chi connectivity index (χ4v) is 4.29. The number of halogens is 4. The average molecular weight is 584 g/mol. The standard InChI is InChI=1S/C32H29F4NO5/c1-2-39-30(38)29(24-10-4-3-5-11-24)40-26-16-14-25(15-17-26)37(20-22-8-6-12-27(18-22)41-31(33)34)21-23-9-7-13-28(19-23)42-32(35)36/h3-19,29,31-32H,2,20-21H2,1H3. The van der Waals surface area contributed by atoms with E-state index in [4.69, 9.17) is 9.47 Å². The van der Waals surface area contributed by atoms with Crippen LogP contribution >= 0.6 is 0 Å². The zero-order chi connectivity index (χ0) is 29.9. The lowest BCUT2D eigenvalue weighted by molar-refractivity contribution is -0.151. The largest absolute Gasteiger partial charge is 0.474 e. The normalized spacial score (nSPS) is 11.7. The van der Waals surface area contributed by atoms with Crippen LogP contribution in [0, 0.1) is 0 Å². The molecule has 0 fully saturated rings. The van der Waals surface area contributed by atoms with Gasteiger partial charge in [-0.2, -0.15) is 17.6 Å². The fraction of sp³-hybridized carbons (Fsp3) is 0.219. The van der Waals surface area contributed by atoms with Gasteiger partial charge in [0.25, 0.3) is 0 Å². The summed E-state index contributed by atoms with van der Waals surface area (Å²) in [6, 6.07) is 28.6. The van der Waals surface area contributed by atoms with Gasteiger partial charge in [0.15, 0.2) is 0 Å². The number of anilines is 1. The van der Waals surface area contributed by atoms with E-state index in [0.717, 1.165) is 5.69 Å². The highest BCUT2D eigenvalue weighted by atomic mass is 19.3. The molecule has 10 heteroatoms.